The van der Waals surface area contributed by atoms with Crippen molar-refractivity contribution >= 4 is 5.78 Å². The molecule has 0 aliphatic rings. The van der Waals surface area contributed by atoms with Gasteiger partial charge in [0.2, 0.25) is 0 Å². The number of halogens is 1. The lowest BCUT2D eigenvalue weighted by Crippen LogP contribution is -2.08. The Bertz CT molecular complexity index is 624. The second-order valence-corrected chi connectivity index (χ2v) is 4.87. The molecule has 0 aromatic heterocycles. The maximum atomic E-state index is 13.3. The third-order valence-electron chi connectivity index (χ3n) is 3.28. The summed E-state index contributed by atoms with van der Waals surface area (Å²) in [5.41, 5.74) is 2.84. The third-order valence-corrected chi connectivity index (χ3v) is 3.28. The summed E-state index contributed by atoms with van der Waals surface area (Å²) in [6.45, 7) is 3.52. The number of carbonyl (C=O) groups is 1. The molecule has 2 nitrogen and oxygen atoms in total. The van der Waals surface area contributed by atoms with Crippen molar-refractivity contribution in [3.8, 4) is 5.75 Å². The zero-order valence-electron chi connectivity index (χ0n) is 11.9. The van der Waals surface area contributed by atoms with Crippen molar-refractivity contribution in [2.75, 3.05) is 7.11 Å². The topological polar surface area (TPSA) is 26.3 Å². The Hall–Kier alpha value is -2.16. The number of carbonyl (C=O) groups excluding carboxylic acids is 1. The molecule has 0 amide bonds. The summed E-state index contributed by atoms with van der Waals surface area (Å²) in [7, 11) is 1.59. The summed E-state index contributed by atoms with van der Waals surface area (Å²) < 4.78 is 18.4. The van der Waals surface area contributed by atoms with Crippen molar-refractivity contribution in [3.63, 3.8) is 0 Å². The van der Waals surface area contributed by atoms with Crippen LogP contribution in [0.15, 0.2) is 36.4 Å². The van der Waals surface area contributed by atoms with Gasteiger partial charge in [0, 0.05) is 12.0 Å². The number of aryl methyl sites for hydroxylation is 2. The molecule has 0 saturated heterocycles. The van der Waals surface area contributed by atoms with Gasteiger partial charge in [-0.05, 0) is 54.8 Å². The van der Waals surface area contributed by atoms with Gasteiger partial charge >= 0.3 is 0 Å². The minimum absolute atomic E-state index is 0.00625. The first-order valence-corrected chi connectivity index (χ1v) is 6.44. The minimum Gasteiger partial charge on any atom is -0.497 e. The van der Waals surface area contributed by atoms with E-state index in [-0.39, 0.29) is 18.0 Å². The van der Waals surface area contributed by atoms with Crippen LogP contribution < -0.4 is 4.74 Å². The smallest absolute Gasteiger partial charge is 0.167 e. The highest BCUT2D eigenvalue weighted by Gasteiger charge is 2.14. The Balaban J connectivity index is 2.28. The maximum absolute atomic E-state index is 13.3. The number of hydrogen-bond acceptors (Lipinski definition) is 2. The molecule has 0 spiro atoms. The standard InChI is InChI=1S/C17H17FO2/c1-11-7-14(18)8-12(2)17(11)16(19)10-13-5-4-6-15(9-13)20-3/h4-9H,10H2,1-3H3. The Kier molecular flexibility index (Phi) is 4.18. The number of rotatable bonds is 4. The first-order valence-electron chi connectivity index (χ1n) is 6.44. The molecule has 3 heteroatoms. The van der Waals surface area contributed by atoms with Gasteiger partial charge in [0.05, 0.1) is 7.11 Å². The van der Waals surface area contributed by atoms with Gasteiger partial charge in [-0.25, -0.2) is 4.39 Å². The largest absolute Gasteiger partial charge is 0.497 e. The molecule has 0 radical (unpaired) electrons. The van der Waals surface area contributed by atoms with Crippen LogP contribution in [0.2, 0.25) is 0 Å². The molecule has 0 aliphatic heterocycles. The van der Waals surface area contributed by atoms with Crippen molar-refractivity contribution in [3.05, 3.63) is 64.5 Å². The van der Waals surface area contributed by atoms with Crippen LogP contribution in [0.5, 0.6) is 5.75 Å². The Morgan fingerprint density at radius 2 is 1.80 bits per heavy atom. The number of ether oxygens (including phenoxy) is 1. The fourth-order valence-corrected chi connectivity index (χ4v) is 2.41. The molecule has 0 bridgehead atoms. The number of hydrogen-bond donors (Lipinski definition) is 0. The van der Waals surface area contributed by atoms with E-state index in [0.29, 0.717) is 16.7 Å². The van der Waals surface area contributed by atoms with Crippen molar-refractivity contribution in [1.29, 1.82) is 0 Å². The molecular formula is C17H17FO2. The summed E-state index contributed by atoms with van der Waals surface area (Å²) in [6, 6.07) is 10.2. The van der Waals surface area contributed by atoms with Crippen LogP contribution in [-0.4, -0.2) is 12.9 Å². The molecule has 2 rings (SSSR count). The quantitative estimate of drug-likeness (QED) is 0.790. The lowest BCUT2D eigenvalue weighted by molar-refractivity contribution is 0.0991. The average Bonchev–Trinajstić information content (AvgIpc) is 2.37. The van der Waals surface area contributed by atoms with Gasteiger partial charge in [0.25, 0.3) is 0 Å². The van der Waals surface area contributed by atoms with Crippen molar-refractivity contribution < 1.29 is 13.9 Å². The van der Waals surface area contributed by atoms with E-state index in [2.05, 4.69) is 0 Å². The highest BCUT2D eigenvalue weighted by molar-refractivity contribution is 6.00. The number of methoxy groups -OCH3 is 1. The zero-order valence-corrected chi connectivity index (χ0v) is 11.9. The lowest BCUT2D eigenvalue weighted by atomic mass is 9.95. The maximum Gasteiger partial charge on any atom is 0.167 e. The summed E-state index contributed by atoms with van der Waals surface area (Å²) in [6.07, 6.45) is 0.282. The lowest BCUT2D eigenvalue weighted by Gasteiger charge is -2.10. The van der Waals surface area contributed by atoms with Gasteiger partial charge in [0.15, 0.2) is 5.78 Å². The van der Waals surface area contributed by atoms with E-state index < -0.39 is 0 Å². The molecule has 0 atom stereocenters. The number of benzene rings is 2. The molecular weight excluding hydrogens is 255 g/mol. The number of ketones is 1. The molecule has 2 aromatic carbocycles. The summed E-state index contributed by atoms with van der Waals surface area (Å²) in [4.78, 5) is 12.4. The predicted octanol–water partition coefficient (Wildman–Crippen LogP) is 3.88. The molecule has 0 saturated carbocycles. The van der Waals surface area contributed by atoms with Crippen LogP contribution >= 0.6 is 0 Å². The van der Waals surface area contributed by atoms with Crippen molar-refractivity contribution in [1.82, 2.24) is 0 Å². The molecule has 20 heavy (non-hydrogen) atoms. The fourth-order valence-electron chi connectivity index (χ4n) is 2.41. The SMILES string of the molecule is COc1cccc(CC(=O)c2c(C)cc(F)cc2C)c1. The molecule has 0 heterocycles. The molecule has 0 aliphatic carbocycles. The Morgan fingerprint density at radius 1 is 1.15 bits per heavy atom. The molecule has 2 aromatic rings. The van der Waals surface area contributed by atoms with Gasteiger partial charge < -0.3 is 4.74 Å². The average molecular weight is 272 g/mol. The third kappa shape index (κ3) is 3.05. The van der Waals surface area contributed by atoms with E-state index in [1.54, 1.807) is 21.0 Å². The van der Waals surface area contributed by atoms with E-state index in [1.165, 1.54) is 12.1 Å². The molecule has 0 unspecified atom stereocenters. The van der Waals surface area contributed by atoms with Crippen LogP contribution in [0.3, 0.4) is 0 Å². The second-order valence-electron chi connectivity index (χ2n) is 4.87. The predicted molar refractivity (Wildman–Crippen MR) is 76.9 cm³/mol. The first-order chi connectivity index (χ1) is 9.51. The van der Waals surface area contributed by atoms with Crippen molar-refractivity contribution in [2.24, 2.45) is 0 Å². The second kappa shape index (κ2) is 5.87. The minimum atomic E-state index is -0.307. The summed E-state index contributed by atoms with van der Waals surface area (Å²) in [5, 5.41) is 0. The monoisotopic (exact) mass is 272 g/mol. The van der Waals surface area contributed by atoms with Crippen molar-refractivity contribution in [2.45, 2.75) is 20.3 Å². The van der Waals surface area contributed by atoms with Crippen LogP contribution in [0, 0.1) is 19.7 Å². The Labute approximate surface area is 118 Å². The van der Waals surface area contributed by atoms with E-state index >= 15 is 0 Å². The van der Waals surface area contributed by atoms with Gasteiger partial charge in [-0.3, -0.25) is 4.79 Å². The van der Waals surface area contributed by atoms with Crippen LogP contribution in [-0.2, 0) is 6.42 Å². The Morgan fingerprint density at radius 3 is 2.40 bits per heavy atom. The normalized spacial score (nSPS) is 10.4. The zero-order chi connectivity index (χ0) is 14.7. The van der Waals surface area contributed by atoms with Gasteiger partial charge in [-0.15, -0.1) is 0 Å². The van der Waals surface area contributed by atoms with E-state index in [0.717, 1.165) is 11.3 Å². The molecule has 0 fully saturated rings. The van der Waals surface area contributed by atoms with E-state index in [1.807, 2.05) is 24.3 Å². The summed E-state index contributed by atoms with van der Waals surface area (Å²) >= 11 is 0. The van der Waals surface area contributed by atoms with Crippen LogP contribution in [0.25, 0.3) is 0 Å². The highest BCUT2D eigenvalue weighted by Crippen LogP contribution is 2.20. The van der Waals surface area contributed by atoms with E-state index in [4.69, 9.17) is 4.74 Å². The van der Waals surface area contributed by atoms with Gasteiger partial charge in [-0.1, -0.05) is 12.1 Å². The van der Waals surface area contributed by atoms with Gasteiger partial charge in [-0.2, -0.15) is 0 Å². The molecule has 104 valence electrons. The van der Waals surface area contributed by atoms with Crippen LogP contribution in [0.1, 0.15) is 27.0 Å². The van der Waals surface area contributed by atoms with Crippen LogP contribution in [0.4, 0.5) is 4.39 Å². The van der Waals surface area contributed by atoms with E-state index in [9.17, 15) is 9.18 Å². The summed E-state index contributed by atoms with van der Waals surface area (Å²) in [5.74, 6) is 0.411. The molecule has 0 N–H and O–H groups in total. The van der Waals surface area contributed by atoms with Gasteiger partial charge in [0.1, 0.15) is 11.6 Å². The highest BCUT2D eigenvalue weighted by atomic mass is 19.1. The fraction of sp³-hybridized carbons (Fsp3) is 0.235. The number of Topliss-reactive ketones (excluding diaryl/α,β-unsaturated/α-hetero) is 1. The first kappa shape index (κ1) is 14.3.